The molecule has 3 rings (SSSR count). The average molecular weight is 593 g/mol. The molecule has 15 unspecified atom stereocenters. The van der Waals surface area contributed by atoms with E-state index in [1.807, 2.05) is 0 Å². The molecule has 15 atom stereocenters. The molecule has 0 aromatic heterocycles. The first-order valence-corrected chi connectivity index (χ1v) is 12.5. The molecule has 0 aromatic carbocycles. The summed E-state index contributed by atoms with van der Waals surface area (Å²) in [5.74, 6) is 0. The van der Waals surface area contributed by atoms with Gasteiger partial charge in [-0.15, -0.1) is 5.17 Å². The second-order valence-electron chi connectivity index (χ2n) is 9.67. The van der Waals surface area contributed by atoms with Crippen molar-refractivity contribution in [3.63, 3.8) is 0 Å². The van der Waals surface area contributed by atoms with Gasteiger partial charge in [0.1, 0.15) is 86.1 Å². The van der Waals surface area contributed by atoms with Gasteiger partial charge in [-0.1, -0.05) is 0 Å². The molecule has 0 spiro atoms. The van der Waals surface area contributed by atoms with E-state index in [1.54, 1.807) is 0 Å². The lowest BCUT2D eigenvalue weighted by atomic mass is 9.95. The highest BCUT2D eigenvalue weighted by atomic mass is 16.7. The van der Waals surface area contributed by atoms with Crippen LogP contribution in [0.2, 0.25) is 0 Å². The van der Waals surface area contributed by atoms with Crippen molar-refractivity contribution in [3.05, 3.63) is 0 Å². The zero-order chi connectivity index (χ0) is 29.7. The van der Waals surface area contributed by atoms with E-state index in [0.29, 0.717) is 5.17 Å². The minimum Gasteiger partial charge on any atom is -0.394 e. The van der Waals surface area contributed by atoms with Crippen molar-refractivity contribution in [3.8, 4) is 0 Å². The number of hydrogen-bond donors (Lipinski definition) is 12. The summed E-state index contributed by atoms with van der Waals surface area (Å²) in [5.41, 5.74) is 2.34. The number of ether oxygens (including phenoxy) is 6. The van der Waals surface area contributed by atoms with Crippen LogP contribution in [-0.4, -0.2) is 194 Å². The summed E-state index contributed by atoms with van der Waals surface area (Å²) in [6, 6.07) is 0. The van der Waals surface area contributed by atoms with Crippen LogP contribution in [-0.2, 0) is 28.4 Å². The van der Waals surface area contributed by atoms with Gasteiger partial charge in [0.25, 0.3) is 0 Å². The number of hydrazine groups is 1. The van der Waals surface area contributed by atoms with E-state index in [-0.39, 0.29) is 6.73 Å². The molecule has 3 heterocycles. The summed E-state index contributed by atoms with van der Waals surface area (Å²) in [7, 11) is 1.25. The van der Waals surface area contributed by atoms with Crippen LogP contribution in [0.15, 0.2) is 0 Å². The first-order valence-electron chi connectivity index (χ1n) is 12.5. The predicted molar refractivity (Wildman–Crippen MR) is 123 cm³/mol. The molecule has 19 nitrogen and oxygen atoms in total. The summed E-state index contributed by atoms with van der Waals surface area (Å²) < 4.78 is 32.6. The van der Waals surface area contributed by atoms with Crippen LogP contribution < -0.4 is 5.43 Å². The second-order valence-corrected chi connectivity index (χ2v) is 9.67. The van der Waals surface area contributed by atoms with Crippen LogP contribution in [0.5, 0.6) is 0 Å². The minimum atomic E-state index is -1.83. The van der Waals surface area contributed by atoms with E-state index >= 15 is 0 Å². The molecule has 3 saturated heterocycles. The van der Waals surface area contributed by atoms with Crippen molar-refractivity contribution in [1.82, 2.24) is 10.6 Å². The SMILES string of the molecule is CN(O)NCOC1OC(CO)C(O)C(OC2OC(CO)C(O)C(OCC3OC(CO)C(O)C(O)C3O)C2O)C1O. The number of hydroxylamine groups is 1. The third kappa shape index (κ3) is 7.60. The molecule has 12 N–H and O–H groups in total. The summed E-state index contributed by atoms with van der Waals surface area (Å²) in [6.07, 6.45) is -23.5. The normalized spacial score (nSPS) is 46.6. The van der Waals surface area contributed by atoms with E-state index in [9.17, 15) is 51.1 Å². The van der Waals surface area contributed by atoms with Crippen molar-refractivity contribution in [2.45, 2.75) is 91.9 Å². The van der Waals surface area contributed by atoms with Gasteiger partial charge in [0.15, 0.2) is 12.6 Å². The van der Waals surface area contributed by atoms with Gasteiger partial charge in [-0.2, -0.15) is 0 Å². The van der Waals surface area contributed by atoms with E-state index < -0.39 is 118 Å². The van der Waals surface area contributed by atoms with E-state index in [2.05, 4.69) is 5.43 Å². The fourth-order valence-corrected chi connectivity index (χ4v) is 4.60. The van der Waals surface area contributed by atoms with Crippen molar-refractivity contribution in [2.75, 3.05) is 40.2 Å². The van der Waals surface area contributed by atoms with Crippen molar-refractivity contribution >= 4 is 0 Å². The van der Waals surface area contributed by atoms with Crippen molar-refractivity contribution < 1.29 is 84.7 Å². The maximum atomic E-state index is 10.9. The quantitative estimate of drug-likeness (QED) is 0.0739. The summed E-state index contributed by atoms with van der Waals surface area (Å²) in [4.78, 5) is 0. The Bertz CT molecular complexity index is 754. The maximum absolute atomic E-state index is 10.9. The van der Waals surface area contributed by atoms with Gasteiger partial charge in [-0.25, -0.2) is 5.43 Å². The van der Waals surface area contributed by atoms with Crippen molar-refractivity contribution in [2.24, 2.45) is 0 Å². The second kappa shape index (κ2) is 15.1. The Morgan fingerprint density at radius 1 is 0.600 bits per heavy atom. The molecule has 19 heteroatoms. The summed E-state index contributed by atoms with van der Waals surface area (Å²) >= 11 is 0. The Morgan fingerprint density at radius 3 is 1.68 bits per heavy atom. The highest BCUT2D eigenvalue weighted by molar-refractivity contribution is 4.96. The molecule has 40 heavy (non-hydrogen) atoms. The standard InChI is InChI=1S/C21H40N2O17/c1-23(34)22-6-36-20-17(33)19(14(30)9(4-26)38-20)40-21-16(32)18(13(29)8(3-25)39-21)35-5-10-12(28)15(31)11(27)7(2-24)37-10/h7-22,24-34H,2-6H2,1H3. The van der Waals surface area contributed by atoms with Gasteiger partial charge < -0.3 is 79.5 Å². The number of nitrogens with zero attached hydrogens (tertiary/aromatic N) is 1. The largest absolute Gasteiger partial charge is 0.394 e. The van der Waals surface area contributed by atoms with E-state index in [1.165, 1.54) is 7.05 Å². The van der Waals surface area contributed by atoms with Crippen LogP contribution in [0.3, 0.4) is 0 Å². The molecule has 0 aliphatic carbocycles. The number of hydrogen-bond acceptors (Lipinski definition) is 19. The Labute approximate surface area is 228 Å². The Hall–Kier alpha value is -0.760. The van der Waals surface area contributed by atoms with Gasteiger partial charge in [0, 0.05) is 7.05 Å². The van der Waals surface area contributed by atoms with E-state index in [4.69, 9.17) is 33.6 Å². The fourth-order valence-electron chi connectivity index (χ4n) is 4.60. The smallest absolute Gasteiger partial charge is 0.188 e. The van der Waals surface area contributed by atoms with Crippen LogP contribution in [0.4, 0.5) is 0 Å². The molecule has 0 bridgehead atoms. The molecule has 0 amide bonds. The Kier molecular flexibility index (Phi) is 12.7. The fraction of sp³-hybridized carbons (Fsp3) is 1.00. The lowest BCUT2D eigenvalue weighted by molar-refractivity contribution is -0.365. The lowest BCUT2D eigenvalue weighted by Crippen LogP contribution is -2.65. The Balaban J connectivity index is 1.71. The zero-order valence-electron chi connectivity index (χ0n) is 21.5. The summed E-state index contributed by atoms with van der Waals surface area (Å²) in [6.45, 7) is -3.13. The molecular formula is C21H40N2O17. The molecule has 3 aliphatic rings. The third-order valence-electron chi connectivity index (χ3n) is 6.92. The summed E-state index contributed by atoms with van der Waals surface area (Å²) in [5, 5.41) is 111. The topological polar surface area (TPSA) is 293 Å². The third-order valence-corrected chi connectivity index (χ3v) is 6.92. The first kappa shape index (κ1) is 33.7. The molecule has 0 radical (unpaired) electrons. The van der Waals surface area contributed by atoms with Gasteiger partial charge in [-0.05, 0) is 0 Å². The number of aliphatic hydroxyl groups is 10. The molecule has 236 valence electrons. The molecular weight excluding hydrogens is 552 g/mol. The van der Waals surface area contributed by atoms with Crippen LogP contribution in [0, 0.1) is 0 Å². The lowest BCUT2D eigenvalue weighted by Gasteiger charge is -2.47. The first-order chi connectivity index (χ1) is 18.9. The van der Waals surface area contributed by atoms with Gasteiger partial charge >= 0.3 is 0 Å². The average Bonchev–Trinajstić information content (AvgIpc) is 2.92. The Morgan fingerprint density at radius 2 is 1.10 bits per heavy atom. The highest BCUT2D eigenvalue weighted by Crippen LogP contribution is 2.31. The molecule has 3 fully saturated rings. The van der Waals surface area contributed by atoms with Gasteiger partial charge in [-0.3, -0.25) is 5.21 Å². The van der Waals surface area contributed by atoms with Gasteiger partial charge in [0.05, 0.1) is 26.4 Å². The van der Waals surface area contributed by atoms with Gasteiger partial charge in [0.2, 0.25) is 0 Å². The number of aliphatic hydroxyl groups excluding tert-OH is 10. The highest BCUT2D eigenvalue weighted by Gasteiger charge is 2.52. The molecule has 0 aromatic rings. The zero-order valence-corrected chi connectivity index (χ0v) is 21.5. The van der Waals surface area contributed by atoms with E-state index in [0.717, 1.165) is 0 Å². The van der Waals surface area contributed by atoms with Crippen LogP contribution >= 0.6 is 0 Å². The monoisotopic (exact) mass is 592 g/mol. The predicted octanol–water partition coefficient (Wildman–Crippen LogP) is -7.72. The molecule has 0 saturated carbocycles. The minimum absolute atomic E-state index is 0.370. The maximum Gasteiger partial charge on any atom is 0.188 e. The number of rotatable bonds is 12. The molecule has 3 aliphatic heterocycles. The van der Waals surface area contributed by atoms with Crippen LogP contribution in [0.25, 0.3) is 0 Å². The van der Waals surface area contributed by atoms with Crippen LogP contribution in [0.1, 0.15) is 0 Å². The number of nitrogens with one attached hydrogen (secondary N) is 1. The van der Waals surface area contributed by atoms with Crippen molar-refractivity contribution in [1.29, 1.82) is 0 Å².